The van der Waals surface area contributed by atoms with Gasteiger partial charge in [-0.1, -0.05) is 26.7 Å². The smallest absolute Gasteiger partial charge is 0.0197 e. The highest BCUT2D eigenvalue weighted by Crippen LogP contribution is 2.35. The number of rotatable bonds is 3. The molecule has 1 atom stereocenters. The monoisotopic (exact) mass is 238 g/mol. The Hall–Kier alpha value is -0.0800. The summed E-state index contributed by atoms with van der Waals surface area (Å²) in [5.41, 5.74) is 0.515. The van der Waals surface area contributed by atoms with E-state index in [-0.39, 0.29) is 0 Å². The maximum atomic E-state index is 3.74. The largest absolute Gasteiger partial charge is 0.313 e. The molecule has 0 aromatic rings. The normalized spacial score (nSPS) is 30.7. The Balaban J connectivity index is 1.96. The van der Waals surface area contributed by atoms with E-state index in [1.165, 1.54) is 58.2 Å². The van der Waals surface area contributed by atoms with Crippen molar-refractivity contribution in [3.63, 3.8) is 0 Å². The van der Waals surface area contributed by atoms with Crippen LogP contribution in [0.1, 0.15) is 59.3 Å². The Morgan fingerprint density at radius 1 is 1.24 bits per heavy atom. The van der Waals surface area contributed by atoms with Gasteiger partial charge in [0.2, 0.25) is 0 Å². The first kappa shape index (κ1) is 13.4. The Morgan fingerprint density at radius 3 is 2.59 bits per heavy atom. The lowest BCUT2D eigenvalue weighted by Crippen LogP contribution is -2.49. The summed E-state index contributed by atoms with van der Waals surface area (Å²) < 4.78 is 0. The topological polar surface area (TPSA) is 15.3 Å². The summed E-state index contributed by atoms with van der Waals surface area (Å²) in [6.45, 7) is 11.0. The summed E-state index contributed by atoms with van der Waals surface area (Å²) in [7, 11) is 0. The Kier molecular flexibility index (Phi) is 4.48. The molecule has 1 aliphatic carbocycles. The molecule has 1 saturated heterocycles. The van der Waals surface area contributed by atoms with Crippen LogP contribution in [0.5, 0.6) is 0 Å². The Bertz CT molecular complexity index is 231. The van der Waals surface area contributed by atoms with Gasteiger partial charge < -0.3 is 5.32 Å². The van der Waals surface area contributed by atoms with Crippen LogP contribution in [-0.4, -0.2) is 36.1 Å². The van der Waals surface area contributed by atoms with E-state index in [2.05, 4.69) is 31.0 Å². The number of hydrogen-bond acceptors (Lipinski definition) is 2. The molecule has 1 N–H and O–H groups in total. The molecule has 100 valence electrons. The fourth-order valence-corrected chi connectivity index (χ4v) is 3.67. The summed E-state index contributed by atoms with van der Waals surface area (Å²) in [6, 6.07) is 0.718. The van der Waals surface area contributed by atoms with Gasteiger partial charge in [0.15, 0.2) is 0 Å². The van der Waals surface area contributed by atoms with E-state index in [0.29, 0.717) is 5.54 Å². The molecule has 1 heterocycles. The maximum Gasteiger partial charge on any atom is 0.0197 e. The molecule has 0 radical (unpaired) electrons. The van der Waals surface area contributed by atoms with Gasteiger partial charge in [0, 0.05) is 18.1 Å². The zero-order chi connectivity index (χ0) is 12.3. The van der Waals surface area contributed by atoms with Crippen molar-refractivity contribution in [1.29, 1.82) is 0 Å². The standard InChI is InChI=1S/C15H30N2/c1-13(2)11-14-12-17(10-6-9-16-14)15(3)7-4-5-8-15/h13-14,16H,4-12H2,1-3H3. The van der Waals surface area contributed by atoms with Crippen LogP contribution in [0.4, 0.5) is 0 Å². The highest BCUT2D eigenvalue weighted by Gasteiger charge is 2.36. The minimum atomic E-state index is 0.515. The van der Waals surface area contributed by atoms with Crippen LogP contribution in [0.3, 0.4) is 0 Å². The summed E-state index contributed by atoms with van der Waals surface area (Å²) in [5.74, 6) is 0.809. The average molecular weight is 238 g/mol. The summed E-state index contributed by atoms with van der Waals surface area (Å²) >= 11 is 0. The predicted octanol–water partition coefficient (Wildman–Crippen LogP) is 3.03. The van der Waals surface area contributed by atoms with Crippen molar-refractivity contribution >= 4 is 0 Å². The molecular weight excluding hydrogens is 208 g/mol. The van der Waals surface area contributed by atoms with Gasteiger partial charge in [0.1, 0.15) is 0 Å². The third-order valence-electron chi connectivity index (χ3n) is 4.68. The number of nitrogens with one attached hydrogen (secondary N) is 1. The van der Waals surface area contributed by atoms with Crippen LogP contribution in [0.25, 0.3) is 0 Å². The number of nitrogens with zero attached hydrogens (tertiary/aromatic N) is 1. The van der Waals surface area contributed by atoms with Gasteiger partial charge in [-0.2, -0.15) is 0 Å². The van der Waals surface area contributed by atoms with Crippen molar-refractivity contribution in [2.75, 3.05) is 19.6 Å². The highest BCUT2D eigenvalue weighted by molar-refractivity contribution is 4.93. The lowest BCUT2D eigenvalue weighted by molar-refractivity contribution is 0.103. The molecular formula is C15H30N2. The van der Waals surface area contributed by atoms with Gasteiger partial charge in [0.05, 0.1) is 0 Å². The van der Waals surface area contributed by atoms with E-state index < -0.39 is 0 Å². The molecule has 0 spiro atoms. The zero-order valence-electron chi connectivity index (χ0n) is 12.0. The van der Waals surface area contributed by atoms with Crippen LogP contribution in [-0.2, 0) is 0 Å². The first-order valence-corrected chi connectivity index (χ1v) is 7.58. The fourth-order valence-electron chi connectivity index (χ4n) is 3.67. The van der Waals surface area contributed by atoms with Crippen molar-refractivity contribution in [3.05, 3.63) is 0 Å². The second-order valence-electron chi connectivity index (χ2n) is 6.78. The third kappa shape index (κ3) is 3.45. The van der Waals surface area contributed by atoms with Gasteiger partial charge in [-0.25, -0.2) is 0 Å². The Morgan fingerprint density at radius 2 is 1.94 bits per heavy atom. The summed E-state index contributed by atoms with van der Waals surface area (Å²) in [6.07, 6.45) is 8.37. The van der Waals surface area contributed by atoms with Crippen molar-refractivity contribution in [1.82, 2.24) is 10.2 Å². The second-order valence-corrected chi connectivity index (χ2v) is 6.78. The minimum Gasteiger partial charge on any atom is -0.313 e. The molecule has 2 nitrogen and oxygen atoms in total. The van der Waals surface area contributed by atoms with Crippen molar-refractivity contribution in [2.45, 2.75) is 70.9 Å². The number of hydrogen-bond donors (Lipinski definition) is 1. The van der Waals surface area contributed by atoms with Crippen molar-refractivity contribution in [2.24, 2.45) is 5.92 Å². The zero-order valence-corrected chi connectivity index (χ0v) is 12.0. The predicted molar refractivity (Wildman–Crippen MR) is 74.3 cm³/mol. The quantitative estimate of drug-likeness (QED) is 0.813. The summed E-state index contributed by atoms with van der Waals surface area (Å²) in [5, 5.41) is 3.74. The van der Waals surface area contributed by atoms with Crippen LogP contribution >= 0.6 is 0 Å². The molecule has 2 rings (SSSR count). The van der Waals surface area contributed by atoms with Crippen molar-refractivity contribution in [3.8, 4) is 0 Å². The third-order valence-corrected chi connectivity index (χ3v) is 4.68. The molecule has 0 aromatic heterocycles. The van der Waals surface area contributed by atoms with Gasteiger partial charge in [-0.15, -0.1) is 0 Å². The van der Waals surface area contributed by atoms with E-state index in [0.717, 1.165) is 12.0 Å². The Labute approximate surface area is 107 Å². The molecule has 2 aliphatic rings. The van der Waals surface area contributed by atoms with E-state index in [9.17, 15) is 0 Å². The molecule has 2 fully saturated rings. The second kappa shape index (κ2) is 5.71. The molecule has 0 bridgehead atoms. The SMILES string of the molecule is CC(C)CC1CN(C2(C)CCCC2)CCCN1. The van der Waals surface area contributed by atoms with E-state index in [1.54, 1.807) is 0 Å². The first-order valence-electron chi connectivity index (χ1n) is 7.58. The van der Waals surface area contributed by atoms with E-state index >= 15 is 0 Å². The maximum absolute atomic E-state index is 3.74. The molecule has 1 saturated carbocycles. The average Bonchev–Trinajstić information content (AvgIpc) is 2.57. The van der Waals surface area contributed by atoms with Gasteiger partial charge in [-0.05, 0) is 51.6 Å². The van der Waals surface area contributed by atoms with Crippen LogP contribution in [0.2, 0.25) is 0 Å². The fraction of sp³-hybridized carbons (Fsp3) is 1.00. The molecule has 1 unspecified atom stereocenters. The molecule has 0 aromatic carbocycles. The van der Waals surface area contributed by atoms with Crippen molar-refractivity contribution < 1.29 is 0 Å². The first-order chi connectivity index (χ1) is 8.10. The highest BCUT2D eigenvalue weighted by atomic mass is 15.2. The lowest BCUT2D eigenvalue weighted by Gasteiger charge is -2.39. The van der Waals surface area contributed by atoms with E-state index in [4.69, 9.17) is 0 Å². The molecule has 0 amide bonds. The van der Waals surface area contributed by atoms with Gasteiger partial charge in [-0.3, -0.25) is 4.90 Å². The molecule has 17 heavy (non-hydrogen) atoms. The van der Waals surface area contributed by atoms with Gasteiger partial charge in [0.25, 0.3) is 0 Å². The van der Waals surface area contributed by atoms with Crippen LogP contribution < -0.4 is 5.32 Å². The van der Waals surface area contributed by atoms with Crippen LogP contribution in [0, 0.1) is 5.92 Å². The van der Waals surface area contributed by atoms with E-state index in [1.807, 2.05) is 0 Å². The van der Waals surface area contributed by atoms with Crippen LogP contribution in [0.15, 0.2) is 0 Å². The minimum absolute atomic E-state index is 0.515. The summed E-state index contributed by atoms with van der Waals surface area (Å²) in [4.78, 5) is 2.80. The lowest BCUT2D eigenvalue weighted by atomic mass is 9.95. The molecule has 1 aliphatic heterocycles. The molecule has 2 heteroatoms. The van der Waals surface area contributed by atoms with Gasteiger partial charge >= 0.3 is 0 Å².